The Morgan fingerprint density at radius 3 is 2.74 bits per heavy atom. The lowest BCUT2D eigenvalue weighted by molar-refractivity contribution is -0.134. The summed E-state index contributed by atoms with van der Waals surface area (Å²) < 4.78 is 0. The highest BCUT2D eigenvalue weighted by atomic mass is 16.2. The van der Waals surface area contributed by atoms with E-state index in [-0.39, 0.29) is 12.0 Å². The smallest absolute Gasteiger partial charge is 0.222 e. The molecular weight excluding hydrogens is 238 g/mol. The maximum Gasteiger partial charge on any atom is 0.222 e. The van der Waals surface area contributed by atoms with Crippen LogP contribution in [0.5, 0.6) is 0 Å². The first-order chi connectivity index (χ1) is 9.24. The van der Waals surface area contributed by atoms with Gasteiger partial charge in [-0.05, 0) is 32.1 Å². The number of Topliss-reactive ketones (excluding diaryl/α,β-unsaturated/α-hetero) is 1. The second-order valence-corrected chi connectivity index (χ2v) is 6.07. The van der Waals surface area contributed by atoms with Gasteiger partial charge in [0.05, 0.1) is 0 Å². The van der Waals surface area contributed by atoms with Crippen LogP contribution in [0.1, 0.15) is 71.1 Å². The number of amides is 1. The Bertz CT molecular complexity index is 327. The lowest BCUT2D eigenvalue weighted by Crippen LogP contribution is -2.41. The Hall–Kier alpha value is -0.860. The van der Waals surface area contributed by atoms with Crippen LogP contribution in [0.4, 0.5) is 0 Å². The zero-order valence-corrected chi connectivity index (χ0v) is 12.2. The molecule has 3 nitrogen and oxygen atoms in total. The zero-order valence-electron chi connectivity index (χ0n) is 12.2. The van der Waals surface area contributed by atoms with Gasteiger partial charge in [0.1, 0.15) is 5.78 Å². The number of nitrogens with zero attached hydrogens (tertiary/aromatic N) is 1. The van der Waals surface area contributed by atoms with Gasteiger partial charge in [0.2, 0.25) is 5.91 Å². The maximum atomic E-state index is 12.3. The molecule has 0 aromatic carbocycles. The Morgan fingerprint density at radius 2 is 2.05 bits per heavy atom. The van der Waals surface area contributed by atoms with Crippen molar-refractivity contribution in [2.75, 3.05) is 6.54 Å². The first kappa shape index (κ1) is 14.5. The number of hydrogen-bond donors (Lipinski definition) is 0. The number of likely N-dealkylation sites (tertiary alicyclic amines) is 1. The average molecular weight is 265 g/mol. The van der Waals surface area contributed by atoms with E-state index in [0.717, 1.165) is 51.5 Å². The number of carbonyl (C=O) groups is 2. The third-order valence-electron chi connectivity index (χ3n) is 4.68. The van der Waals surface area contributed by atoms with E-state index in [9.17, 15) is 9.59 Å². The van der Waals surface area contributed by atoms with E-state index in [1.807, 2.05) is 4.90 Å². The molecule has 0 aromatic heterocycles. The van der Waals surface area contributed by atoms with Crippen LogP contribution in [0.3, 0.4) is 0 Å². The predicted octanol–water partition coefficient (Wildman–Crippen LogP) is 3.32. The van der Waals surface area contributed by atoms with Crippen molar-refractivity contribution in [3.63, 3.8) is 0 Å². The molecule has 108 valence electrons. The topological polar surface area (TPSA) is 37.4 Å². The second-order valence-electron chi connectivity index (χ2n) is 6.07. The molecule has 2 atom stereocenters. The highest BCUT2D eigenvalue weighted by molar-refractivity contribution is 5.85. The summed E-state index contributed by atoms with van der Waals surface area (Å²) in [6.45, 7) is 3.06. The number of hydrogen-bond acceptors (Lipinski definition) is 2. The van der Waals surface area contributed by atoms with E-state index in [1.54, 1.807) is 0 Å². The number of unbranched alkanes of at least 4 members (excludes halogenated alkanes) is 3. The zero-order chi connectivity index (χ0) is 13.7. The Balaban J connectivity index is 1.84. The van der Waals surface area contributed by atoms with Crippen molar-refractivity contribution in [2.24, 2.45) is 5.92 Å². The molecule has 1 saturated carbocycles. The summed E-state index contributed by atoms with van der Waals surface area (Å²) in [6, 6.07) is 0.230. The van der Waals surface area contributed by atoms with Crippen LogP contribution in [0.15, 0.2) is 0 Å². The maximum absolute atomic E-state index is 12.3. The summed E-state index contributed by atoms with van der Waals surface area (Å²) in [5, 5.41) is 0. The quantitative estimate of drug-likeness (QED) is 0.691. The van der Waals surface area contributed by atoms with Crippen molar-refractivity contribution < 1.29 is 9.59 Å². The summed E-state index contributed by atoms with van der Waals surface area (Å²) >= 11 is 0. The highest BCUT2D eigenvalue weighted by Crippen LogP contribution is 2.33. The molecule has 3 heteroatoms. The van der Waals surface area contributed by atoms with Crippen molar-refractivity contribution in [3.05, 3.63) is 0 Å². The van der Waals surface area contributed by atoms with Gasteiger partial charge in [-0.3, -0.25) is 9.59 Å². The Morgan fingerprint density at radius 1 is 1.21 bits per heavy atom. The molecule has 2 aliphatic rings. The van der Waals surface area contributed by atoms with E-state index in [0.29, 0.717) is 18.1 Å². The Labute approximate surface area is 116 Å². The minimum atomic E-state index is 0.155. The van der Waals surface area contributed by atoms with Gasteiger partial charge in [0.15, 0.2) is 0 Å². The van der Waals surface area contributed by atoms with Crippen LogP contribution < -0.4 is 0 Å². The molecule has 2 rings (SSSR count). The lowest BCUT2D eigenvalue weighted by Gasteiger charge is -2.28. The molecule has 19 heavy (non-hydrogen) atoms. The van der Waals surface area contributed by atoms with Crippen molar-refractivity contribution in [1.29, 1.82) is 0 Å². The fraction of sp³-hybridized carbons (Fsp3) is 0.875. The molecule has 1 saturated heterocycles. The van der Waals surface area contributed by atoms with Gasteiger partial charge < -0.3 is 4.90 Å². The molecule has 1 heterocycles. The summed E-state index contributed by atoms with van der Waals surface area (Å²) in [5.41, 5.74) is 0. The Kier molecular flexibility index (Phi) is 5.41. The molecule has 0 spiro atoms. The summed E-state index contributed by atoms with van der Waals surface area (Å²) in [4.78, 5) is 26.2. The standard InChI is InChI=1S/C16H27NO2/c1-2-3-4-5-11-16(19)17-12-7-9-14(17)13-8-6-10-15(13)18/h13-14H,2-12H2,1H3. The third-order valence-corrected chi connectivity index (χ3v) is 4.68. The third kappa shape index (κ3) is 3.58. The van der Waals surface area contributed by atoms with E-state index >= 15 is 0 Å². The van der Waals surface area contributed by atoms with Gasteiger partial charge in [0.25, 0.3) is 0 Å². The van der Waals surface area contributed by atoms with Crippen LogP contribution in [0.2, 0.25) is 0 Å². The van der Waals surface area contributed by atoms with E-state index in [1.165, 1.54) is 12.8 Å². The molecule has 0 radical (unpaired) electrons. The molecule has 1 aliphatic heterocycles. The molecule has 0 aromatic rings. The highest BCUT2D eigenvalue weighted by Gasteiger charge is 2.39. The minimum Gasteiger partial charge on any atom is -0.339 e. The minimum absolute atomic E-state index is 0.155. The van der Waals surface area contributed by atoms with Crippen molar-refractivity contribution >= 4 is 11.7 Å². The SMILES string of the molecule is CCCCCCC(=O)N1CCCC1C1CCCC1=O. The fourth-order valence-corrected chi connectivity index (χ4v) is 3.62. The van der Waals surface area contributed by atoms with Crippen molar-refractivity contribution in [2.45, 2.75) is 77.2 Å². The van der Waals surface area contributed by atoms with Crippen LogP contribution in [-0.4, -0.2) is 29.2 Å². The van der Waals surface area contributed by atoms with Crippen molar-refractivity contribution in [1.82, 2.24) is 4.90 Å². The van der Waals surface area contributed by atoms with Crippen LogP contribution in [0.25, 0.3) is 0 Å². The monoisotopic (exact) mass is 265 g/mol. The van der Waals surface area contributed by atoms with Crippen LogP contribution in [-0.2, 0) is 9.59 Å². The summed E-state index contributed by atoms with van der Waals surface area (Å²) in [6.07, 6.45) is 10.2. The molecule has 0 bridgehead atoms. The molecule has 1 amide bonds. The first-order valence-corrected chi connectivity index (χ1v) is 8.06. The van der Waals surface area contributed by atoms with Gasteiger partial charge in [-0.2, -0.15) is 0 Å². The van der Waals surface area contributed by atoms with Crippen LogP contribution >= 0.6 is 0 Å². The van der Waals surface area contributed by atoms with E-state index < -0.39 is 0 Å². The van der Waals surface area contributed by atoms with Gasteiger partial charge in [-0.25, -0.2) is 0 Å². The van der Waals surface area contributed by atoms with E-state index in [2.05, 4.69) is 6.92 Å². The average Bonchev–Trinajstić information content (AvgIpc) is 3.02. The van der Waals surface area contributed by atoms with Gasteiger partial charge >= 0.3 is 0 Å². The van der Waals surface area contributed by atoms with Gasteiger partial charge in [0, 0.05) is 31.3 Å². The summed E-state index contributed by atoms with van der Waals surface area (Å²) in [7, 11) is 0. The second kappa shape index (κ2) is 7.06. The predicted molar refractivity (Wildman–Crippen MR) is 75.8 cm³/mol. The fourth-order valence-electron chi connectivity index (χ4n) is 3.62. The van der Waals surface area contributed by atoms with Crippen molar-refractivity contribution in [3.8, 4) is 0 Å². The molecule has 2 fully saturated rings. The lowest BCUT2D eigenvalue weighted by atomic mass is 9.95. The number of carbonyl (C=O) groups excluding carboxylic acids is 2. The van der Waals surface area contributed by atoms with Crippen LogP contribution in [0, 0.1) is 5.92 Å². The first-order valence-electron chi connectivity index (χ1n) is 8.06. The van der Waals surface area contributed by atoms with Gasteiger partial charge in [-0.15, -0.1) is 0 Å². The largest absolute Gasteiger partial charge is 0.339 e. The van der Waals surface area contributed by atoms with Gasteiger partial charge in [-0.1, -0.05) is 26.2 Å². The summed E-state index contributed by atoms with van der Waals surface area (Å²) in [5.74, 6) is 0.844. The number of ketones is 1. The molecule has 2 unspecified atom stereocenters. The number of rotatable bonds is 6. The molecule has 1 aliphatic carbocycles. The van der Waals surface area contributed by atoms with E-state index in [4.69, 9.17) is 0 Å². The molecule has 0 N–H and O–H groups in total. The normalized spacial score (nSPS) is 27.2. The molecular formula is C16H27NO2.